The molecule has 124 valence electrons. The van der Waals surface area contributed by atoms with Crippen LogP contribution in [0.25, 0.3) is 0 Å². The van der Waals surface area contributed by atoms with Crippen molar-refractivity contribution in [2.45, 2.75) is 76.2 Å². The summed E-state index contributed by atoms with van der Waals surface area (Å²) in [5.41, 5.74) is 0. The number of aliphatic hydroxyl groups excluding tert-OH is 4. The van der Waals surface area contributed by atoms with Crippen molar-refractivity contribution in [2.24, 2.45) is 0 Å². The molecule has 4 N–H and O–H groups in total. The number of ether oxygens (including phenoxy) is 2. The zero-order valence-corrected chi connectivity index (χ0v) is 12.4. The zero-order valence-electron chi connectivity index (χ0n) is 12.4. The van der Waals surface area contributed by atoms with E-state index in [0.717, 1.165) is 32.1 Å². The van der Waals surface area contributed by atoms with Gasteiger partial charge < -0.3 is 29.9 Å². The highest BCUT2D eigenvalue weighted by Crippen LogP contribution is 2.20. The lowest BCUT2D eigenvalue weighted by Crippen LogP contribution is -2.58. The summed E-state index contributed by atoms with van der Waals surface area (Å²) in [4.78, 5) is 11.5. The van der Waals surface area contributed by atoms with Gasteiger partial charge in [-0.25, -0.2) is 0 Å². The van der Waals surface area contributed by atoms with Crippen LogP contribution in [-0.2, 0) is 14.3 Å². The first-order valence-electron chi connectivity index (χ1n) is 7.50. The molecular weight excluding hydrogens is 280 g/mol. The Hall–Kier alpha value is -0.730. The number of unbranched alkanes of at least 4 members (excludes halogenated alkanes) is 4. The van der Waals surface area contributed by atoms with Gasteiger partial charge in [0.15, 0.2) is 6.29 Å². The molecule has 7 heteroatoms. The predicted molar refractivity (Wildman–Crippen MR) is 73.2 cm³/mol. The molecule has 0 aromatic heterocycles. The van der Waals surface area contributed by atoms with Crippen molar-refractivity contribution < 1.29 is 34.7 Å². The second-order valence-electron chi connectivity index (χ2n) is 5.38. The molecule has 0 aromatic carbocycles. The second-order valence-corrected chi connectivity index (χ2v) is 5.38. The van der Waals surface area contributed by atoms with E-state index in [-0.39, 0.29) is 6.61 Å². The number of esters is 1. The average Bonchev–Trinajstić information content (AvgIpc) is 2.47. The summed E-state index contributed by atoms with van der Waals surface area (Å²) in [6, 6.07) is 0. The Bertz CT molecular complexity index is 310. The van der Waals surface area contributed by atoms with Crippen molar-refractivity contribution in [1.82, 2.24) is 0 Å². The molecule has 1 saturated heterocycles. The van der Waals surface area contributed by atoms with E-state index in [1.807, 2.05) is 0 Å². The van der Waals surface area contributed by atoms with E-state index in [0.29, 0.717) is 6.42 Å². The molecule has 1 aliphatic rings. The normalized spacial score (nSPS) is 32.9. The molecule has 21 heavy (non-hydrogen) atoms. The lowest BCUT2D eigenvalue weighted by atomic mass is 9.99. The van der Waals surface area contributed by atoms with Gasteiger partial charge in [-0.2, -0.15) is 0 Å². The SMILES string of the molecule is CCCCCCCC(=O)OCC1OC(O)C(O)C(O)C1O. The highest BCUT2D eigenvalue weighted by Gasteiger charge is 2.43. The summed E-state index contributed by atoms with van der Waals surface area (Å²) >= 11 is 0. The van der Waals surface area contributed by atoms with Gasteiger partial charge in [0.2, 0.25) is 0 Å². The van der Waals surface area contributed by atoms with Crippen LogP contribution in [0.15, 0.2) is 0 Å². The number of aliphatic hydroxyl groups is 4. The molecule has 1 heterocycles. The van der Waals surface area contributed by atoms with Gasteiger partial charge in [0, 0.05) is 6.42 Å². The first-order valence-corrected chi connectivity index (χ1v) is 7.50. The van der Waals surface area contributed by atoms with Crippen molar-refractivity contribution >= 4 is 5.97 Å². The molecule has 0 aliphatic carbocycles. The van der Waals surface area contributed by atoms with Crippen LogP contribution in [0, 0.1) is 0 Å². The van der Waals surface area contributed by atoms with E-state index < -0.39 is 36.7 Å². The topological polar surface area (TPSA) is 116 Å². The summed E-state index contributed by atoms with van der Waals surface area (Å²) in [5, 5.41) is 37.8. The summed E-state index contributed by atoms with van der Waals surface area (Å²) < 4.78 is 9.87. The van der Waals surface area contributed by atoms with Gasteiger partial charge in [-0.1, -0.05) is 32.6 Å². The molecule has 5 atom stereocenters. The standard InChI is InChI=1S/C14H26O7/c1-2-3-4-5-6-7-10(15)20-8-9-11(16)12(17)13(18)14(19)21-9/h9,11-14,16-19H,2-8H2,1H3. The molecule has 0 aromatic rings. The minimum atomic E-state index is -1.61. The van der Waals surface area contributed by atoms with Crippen molar-refractivity contribution in [3.05, 3.63) is 0 Å². The second kappa shape index (κ2) is 9.32. The fraction of sp³-hybridized carbons (Fsp3) is 0.929. The number of carbonyl (C=O) groups excluding carboxylic acids is 1. The summed E-state index contributed by atoms with van der Waals surface area (Å²) in [6.07, 6.45) is -1.81. The number of rotatable bonds is 8. The average molecular weight is 306 g/mol. The van der Waals surface area contributed by atoms with Gasteiger partial charge in [0.1, 0.15) is 31.0 Å². The third-order valence-electron chi connectivity index (χ3n) is 3.58. The maximum absolute atomic E-state index is 11.5. The molecule has 0 spiro atoms. The molecular formula is C14H26O7. The molecule has 1 fully saturated rings. The molecule has 0 radical (unpaired) electrons. The minimum Gasteiger partial charge on any atom is -0.463 e. The fourth-order valence-electron chi connectivity index (χ4n) is 2.19. The lowest BCUT2D eigenvalue weighted by molar-refractivity contribution is -0.287. The van der Waals surface area contributed by atoms with Crippen molar-refractivity contribution in [1.29, 1.82) is 0 Å². The van der Waals surface area contributed by atoms with Gasteiger partial charge in [-0.05, 0) is 6.42 Å². The molecule has 7 nitrogen and oxygen atoms in total. The number of hydrogen-bond acceptors (Lipinski definition) is 7. The Balaban J connectivity index is 2.23. The summed E-state index contributed by atoms with van der Waals surface area (Å²) in [5.74, 6) is -0.405. The highest BCUT2D eigenvalue weighted by atomic mass is 16.6. The summed E-state index contributed by atoms with van der Waals surface area (Å²) in [6.45, 7) is 1.85. The minimum absolute atomic E-state index is 0.268. The van der Waals surface area contributed by atoms with Gasteiger partial charge in [0.05, 0.1) is 0 Å². The maximum Gasteiger partial charge on any atom is 0.305 e. The van der Waals surface area contributed by atoms with Crippen LogP contribution in [0.3, 0.4) is 0 Å². The third-order valence-corrected chi connectivity index (χ3v) is 3.58. The van der Waals surface area contributed by atoms with Crippen LogP contribution in [0.5, 0.6) is 0 Å². The Morgan fingerprint density at radius 3 is 2.33 bits per heavy atom. The van der Waals surface area contributed by atoms with Crippen molar-refractivity contribution in [3.63, 3.8) is 0 Å². The number of hydrogen-bond donors (Lipinski definition) is 4. The van der Waals surface area contributed by atoms with Crippen LogP contribution < -0.4 is 0 Å². The fourth-order valence-corrected chi connectivity index (χ4v) is 2.19. The Labute approximate surface area is 124 Å². The van der Waals surface area contributed by atoms with Crippen molar-refractivity contribution in [3.8, 4) is 0 Å². The van der Waals surface area contributed by atoms with Gasteiger partial charge in [-0.3, -0.25) is 4.79 Å². The zero-order chi connectivity index (χ0) is 15.8. The van der Waals surface area contributed by atoms with E-state index in [1.165, 1.54) is 0 Å². The molecule has 5 unspecified atom stereocenters. The van der Waals surface area contributed by atoms with Gasteiger partial charge in [0.25, 0.3) is 0 Å². The first-order chi connectivity index (χ1) is 9.97. The van der Waals surface area contributed by atoms with E-state index in [4.69, 9.17) is 9.47 Å². The van der Waals surface area contributed by atoms with Gasteiger partial charge >= 0.3 is 5.97 Å². The third kappa shape index (κ3) is 5.88. The highest BCUT2D eigenvalue weighted by molar-refractivity contribution is 5.69. The summed E-state index contributed by atoms with van der Waals surface area (Å²) in [7, 11) is 0. The largest absolute Gasteiger partial charge is 0.463 e. The lowest BCUT2D eigenvalue weighted by Gasteiger charge is -2.37. The predicted octanol–water partition coefficient (Wildman–Crippen LogP) is -0.310. The van der Waals surface area contributed by atoms with Crippen LogP contribution >= 0.6 is 0 Å². The van der Waals surface area contributed by atoms with Crippen LogP contribution in [0.4, 0.5) is 0 Å². The van der Waals surface area contributed by atoms with Crippen molar-refractivity contribution in [2.75, 3.05) is 6.61 Å². The maximum atomic E-state index is 11.5. The first kappa shape index (κ1) is 18.3. The van der Waals surface area contributed by atoms with E-state index in [1.54, 1.807) is 0 Å². The molecule has 1 rings (SSSR count). The smallest absolute Gasteiger partial charge is 0.305 e. The van der Waals surface area contributed by atoms with Crippen LogP contribution in [-0.4, -0.2) is 63.7 Å². The monoisotopic (exact) mass is 306 g/mol. The Morgan fingerprint density at radius 2 is 1.67 bits per heavy atom. The van der Waals surface area contributed by atoms with E-state index in [9.17, 15) is 25.2 Å². The molecule has 0 bridgehead atoms. The Morgan fingerprint density at radius 1 is 1.00 bits per heavy atom. The van der Waals surface area contributed by atoms with Gasteiger partial charge in [-0.15, -0.1) is 0 Å². The molecule has 0 saturated carbocycles. The molecule has 0 amide bonds. The van der Waals surface area contributed by atoms with E-state index in [2.05, 4.69) is 6.92 Å². The van der Waals surface area contributed by atoms with E-state index >= 15 is 0 Å². The quantitative estimate of drug-likeness (QED) is 0.359. The van der Waals surface area contributed by atoms with Crippen LogP contribution in [0.2, 0.25) is 0 Å². The Kier molecular flexibility index (Phi) is 8.13. The number of carbonyl (C=O) groups is 1. The molecule has 1 aliphatic heterocycles. The van der Waals surface area contributed by atoms with Crippen LogP contribution in [0.1, 0.15) is 45.4 Å².